The first-order valence-corrected chi connectivity index (χ1v) is 12.3. The fraction of sp³-hybridized carbons (Fsp3) is 0.240. The molecule has 226 valence electrons. The van der Waals surface area contributed by atoms with E-state index in [4.69, 9.17) is 34.8 Å². The average Bonchev–Trinajstić information content (AvgIpc) is 2.88. The highest BCUT2D eigenvalue weighted by Crippen LogP contribution is 2.43. The number of alkyl halides is 9. The second-order valence-electron chi connectivity index (χ2n) is 8.61. The van der Waals surface area contributed by atoms with Crippen LogP contribution in [-0.4, -0.2) is 35.5 Å². The van der Waals surface area contributed by atoms with Gasteiger partial charge >= 0.3 is 18.5 Å². The number of nitrogens with zero attached hydrogens (tertiary/aromatic N) is 3. The zero-order valence-corrected chi connectivity index (χ0v) is 22.8. The molecule has 4 nitrogen and oxygen atoms in total. The molecule has 0 aliphatic carbocycles. The fourth-order valence-corrected chi connectivity index (χ4v) is 4.22. The van der Waals surface area contributed by atoms with Gasteiger partial charge in [-0.3, -0.25) is 4.79 Å². The van der Waals surface area contributed by atoms with E-state index in [-0.39, 0.29) is 27.2 Å². The van der Waals surface area contributed by atoms with Crippen molar-refractivity contribution in [2.45, 2.75) is 24.4 Å². The monoisotopic (exact) mass is 667 g/mol. The van der Waals surface area contributed by atoms with E-state index < -0.39 is 76.5 Å². The van der Waals surface area contributed by atoms with Crippen molar-refractivity contribution in [3.8, 4) is 0 Å². The van der Waals surface area contributed by atoms with Crippen molar-refractivity contribution >= 4 is 52.4 Å². The summed E-state index contributed by atoms with van der Waals surface area (Å²) in [5, 5.41) is -1.04. The fourth-order valence-electron chi connectivity index (χ4n) is 3.61. The van der Waals surface area contributed by atoms with Crippen LogP contribution in [0.1, 0.15) is 38.7 Å². The molecule has 0 spiro atoms. The normalized spacial score (nSPS) is 13.7. The molecule has 42 heavy (non-hydrogen) atoms. The van der Waals surface area contributed by atoms with E-state index in [1.165, 1.54) is 0 Å². The molecule has 3 rings (SSSR count). The number of allylic oxidation sites excluding steroid dienone is 1. The number of carbonyl (C=O) groups is 1. The minimum atomic E-state index is -5.28. The van der Waals surface area contributed by atoms with E-state index in [9.17, 15) is 44.3 Å². The largest absolute Gasteiger partial charge is 0.433 e. The number of carbonyl (C=O) groups excluding carboxylic acids is 1. The third-order valence-electron chi connectivity index (χ3n) is 5.59. The first-order valence-electron chi connectivity index (χ1n) is 11.1. The SMILES string of the molecule is CN(CC(=O)c1ccc(/C(F)=C/C(c2cc(Cl)c(Cl)c(Cl)c2)C(F)(F)F)cc1C(F)(F)F)c1nccc(C(F)(F)F)n1. The average molecular weight is 669 g/mol. The third-order valence-corrected chi connectivity index (χ3v) is 6.78. The molecule has 0 saturated carbocycles. The van der Waals surface area contributed by atoms with Crippen LogP contribution in [-0.2, 0) is 12.4 Å². The highest BCUT2D eigenvalue weighted by Gasteiger charge is 2.41. The van der Waals surface area contributed by atoms with Crippen molar-refractivity contribution in [1.29, 1.82) is 0 Å². The summed E-state index contributed by atoms with van der Waals surface area (Å²) in [5.74, 6) is -6.33. The zero-order valence-electron chi connectivity index (χ0n) is 20.6. The number of hydrogen-bond donors (Lipinski definition) is 0. The van der Waals surface area contributed by atoms with Crippen LogP contribution in [0.2, 0.25) is 15.1 Å². The van der Waals surface area contributed by atoms with Crippen LogP contribution >= 0.6 is 34.8 Å². The first-order chi connectivity index (χ1) is 19.2. The summed E-state index contributed by atoms with van der Waals surface area (Å²) >= 11 is 17.3. The number of rotatable bonds is 7. The van der Waals surface area contributed by atoms with Gasteiger partial charge in [-0.1, -0.05) is 46.9 Å². The number of ketones is 1. The highest BCUT2D eigenvalue weighted by atomic mass is 35.5. The maximum Gasteiger partial charge on any atom is 0.433 e. The van der Waals surface area contributed by atoms with Crippen LogP contribution in [0, 0.1) is 0 Å². The van der Waals surface area contributed by atoms with Gasteiger partial charge in [0, 0.05) is 24.4 Å². The Morgan fingerprint density at radius 2 is 1.52 bits per heavy atom. The molecule has 0 fully saturated rings. The molecule has 0 amide bonds. The van der Waals surface area contributed by atoms with E-state index in [0.717, 1.165) is 30.3 Å². The number of halogens is 13. The van der Waals surface area contributed by atoms with Crippen LogP contribution < -0.4 is 4.90 Å². The van der Waals surface area contributed by atoms with Gasteiger partial charge in [0.15, 0.2) is 5.78 Å². The topological polar surface area (TPSA) is 46.1 Å². The van der Waals surface area contributed by atoms with Crippen molar-refractivity contribution in [3.05, 3.63) is 91.7 Å². The number of benzene rings is 2. The van der Waals surface area contributed by atoms with Crippen molar-refractivity contribution in [2.24, 2.45) is 0 Å². The Labute approximate surface area is 245 Å². The van der Waals surface area contributed by atoms with Gasteiger partial charge in [0.2, 0.25) is 5.95 Å². The molecular formula is C25H14Cl3F10N3O. The Morgan fingerprint density at radius 3 is 2.05 bits per heavy atom. The number of anilines is 1. The maximum absolute atomic E-state index is 15.0. The van der Waals surface area contributed by atoms with Crippen LogP contribution in [0.15, 0.2) is 48.7 Å². The van der Waals surface area contributed by atoms with Crippen molar-refractivity contribution in [3.63, 3.8) is 0 Å². The lowest BCUT2D eigenvalue weighted by Gasteiger charge is -2.20. The highest BCUT2D eigenvalue weighted by molar-refractivity contribution is 6.48. The predicted octanol–water partition coefficient (Wildman–Crippen LogP) is 9.45. The maximum atomic E-state index is 15.0. The summed E-state index contributed by atoms with van der Waals surface area (Å²) in [4.78, 5) is 20.3. The van der Waals surface area contributed by atoms with Crippen molar-refractivity contribution in [2.75, 3.05) is 18.5 Å². The molecular weight excluding hydrogens is 655 g/mol. The van der Waals surface area contributed by atoms with Gasteiger partial charge in [0.05, 0.1) is 27.2 Å². The van der Waals surface area contributed by atoms with Gasteiger partial charge < -0.3 is 4.90 Å². The van der Waals surface area contributed by atoms with Gasteiger partial charge in [0.25, 0.3) is 0 Å². The van der Waals surface area contributed by atoms with Gasteiger partial charge in [-0.05, 0) is 35.9 Å². The minimum Gasteiger partial charge on any atom is -0.336 e. The lowest BCUT2D eigenvalue weighted by Crippen LogP contribution is -2.29. The van der Waals surface area contributed by atoms with E-state index in [1.807, 2.05) is 0 Å². The standard InChI is InChI=1S/C25H14Cl3F10N3O/c1-41(22-39-5-4-20(40-22)25(36,37)38)10-19(42)13-3-2-11(6-15(13)24(33,34)35)18(29)9-14(23(30,31)32)12-7-16(26)21(28)17(27)8-12/h2-9,14H,10H2,1H3/b18-9-. The van der Waals surface area contributed by atoms with E-state index >= 15 is 4.39 Å². The molecule has 2 aromatic carbocycles. The molecule has 3 aromatic rings. The Balaban J connectivity index is 1.99. The molecule has 0 aliphatic rings. The first kappa shape index (κ1) is 33.4. The van der Waals surface area contributed by atoms with Crippen LogP contribution in [0.4, 0.5) is 49.9 Å². The molecule has 1 heterocycles. The van der Waals surface area contributed by atoms with Gasteiger partial charge in [-0.15, -0.1) is 0 Å². The third kappa shape index (κ3) is 7.84. The van der Waals surface area contributed by atoms with E-state index in [2.05, 4.69) is 9.97 Å². The molecule has 0 radical (unpaired) electrons. The molecule has 0 bridgehead atoms. The van der Waals surface area contributed by atoms with Crippen LogP contribution in [0.5, 0.6) is 0 Å². The van der Waals surface area contributed by atoms with Crippen LogP contribution in [0.25, 0.3) is 5.83 Å². The van der Waals surface area contributed by atoms with E-state index in [1.54, 1.807) is 0 Å². The quantitative estimate of drug-likeness (QED) is 0.143. The van der Waals surface area contributed by atoms with Gasteiger partial charge in [-0.25, -0.2) is 14.4 Å². The Kier molecular flexibility index (Phi) is 9.74. The Bertz CT molecular complexity index is 1500. The van der Waals surface area contributed by atoms with Gasteiger partial charge in [-0.2, -0.15) is 39.5 Å². The predicted molar refractivity (Wildman–Crippen MR) is 135 cm³/mol. The summed E-state index contributed by atoms with van der Waals surface area (Å²) in [6.45, 7) is -0.934. The van der Waals surface area contributed by atoms with Crippen LogP contribution in [0.3, 0.4) is 0 Å². The number of likely N-dealkylation sites (N-methyl/N-ethyl adjacent to an activating group) is 1. The lowest BCUT2D eigenvalue weighted by atomic mass is 9.95. The number of Topliss-reactive ketones (excluding diaryl/α,β-unsaturated/α-hetero) is 1. The molecule has 0 saturated heterocycles. The second-order valence-corrected chi connectivity index (χ2v) is 9.80. The molecule has 17 heteroatoms. The lowest BCUT2D eigenvalue weighted by molar-refractivity contribution is -0.141. The van der Waals surface area contributed by atoms with Crippen molar-refractivity contribution < 1.29 is 48.7 Å². The molecule has 1 atom stereocenters. The molecule has 1 aromatic heterocycles. The Hall–Kier alpha value is -3.10. The molecule has 0 aliphatic heterocycles. The summed E-state index contributed by atoms with van der Waals surface area (Å²) in [7, 11) is 1.05. The smallest absolute Gasteiger partial charge is 0.336 e. The van der Waals surface area contributed by atoms with E-state index in [0.29, 0.717) is 18.2 Å². The summed E-state index contributed by atoms with van der Waals surface area (Å²) < 4.78 is 137. The number of aromatic nitrogens is 2. The second kappa shape index (κ2) is 12.3. The number of hydrogen-bond acceptors (Lipinski definition) is 4. The summed E-state index contributed by atoms with van der Waals surface area (Å²) in [6, 6.07) is 3.39. The van der Waals surface area contributed by atoms with Gasteiger partial charge in [0.1, 0.15) is 17.4 Å². The zero-order chi connectivity index (χ0) is 31.8. The minimum absolute atomic E-state index is 0.00559. The summed E-state index contributed by atoms with van der Waals surface area (Å²) in [6.07, 6.45) is -14.6. The Morgan fingerprint density at radius 1 is 0.929 bits per heavy atom. The summed E-state index contributed by atoms with van der Waals surface area (Å²) in [5.41, 5.74) is -5.70. The molecule has 1 unspecified atom stereocenters. The van der Waals surface area contributed by atoms with Crippen molar-refractivity contribution in [1.82, 2.24) is 9.97 Å². The molecule has 0 N–H and O–H groups in total.